The third-order valence-electron chi connectivity index (χ3n) is 7.31. The summed E-state index contributed by atoms with van der Waals surface area (Å²) in [5.41, 5.74) is 0. The third kappa shape index (κ3) is 33.6. The fraction of sp³-hybridized carbons (Fsp3) is 0.722. The van der Waals surface area contributed by atoms with E-state index in [0.29, 0.717) is 25.7 Å². The quantitative estimate of drug-likeness (QED) is 0.0244. The van der Waals surface area contributed by atoms with Crippen molar-refractivity contribution in [1.82, 2.24) is 0 Å². The van der Waals surface area contributed by atoms with Crippen molar-refractivity contribution in [3.63, 3.8) is 0 Å². The van der Waals surface area contributed by atoms with E-state index in [4.69, 9.17) is 19.3 Å². The van der Waals surface area contributed by atoms with Crippen LogP contribution in [0.1, 0.15) is 136 Å². The first-order chi connectivity index (χ1) is 22.6. The number of esters is 2. The minimum absolute atomic E-state index is 0.0364. The van der Waals surface area contributed by atoms with E-state index in [1.165, 1.54) is 38.5 Å². The van der Waals surface area contributed by atoms with Gasteiger partial charge in [-0.25, -0.2) is 4.57 Å². The monoisotopic (exact) mass is 686 g/mol. The largest absolute Gasteiger partial charge is 0.469 e. The molecule has 11 heteroatoms. The van der Waals surface area contributed by atoms with E-state index >= 15 is 0 Å². The summed E-state index contributed by atoms with van der Waals surface area (Å²) in [6.45, 7) is 3.35. The molecule has 0 aliphatic carbocycles. The Hall–Kier alpha value is -2.07. The van der Waals surface area contributed by atoms with E-state index in [9.17, 15) is 24.4 Å². The summed E-state index contributed by atoms with van der Waals surface area (Å²) < 4.78 is 26.1. The van der Waals surface area contributed by atoms with Gasteiger partial charge >= 0.3 is 19.8 Å². The summed E-state index contributed by atoms with van der Waals surface area (Å²) in [7, 11) is -4.81. The van der Waals surface area contributed by atoms with E-state index in [-0.39, 0.29) is 19.4 Å². The molecule has 0 aromatic carbocycles. The predicted octanol–water partition coefficient (Wildman–Crippen LogP) is 7.95. The van der Waals surface area contributed by atoms with Crippen molar-refractivity contribution in [2.24, 2.45) is 0 Å². The molecule has 4 N–H and O–H groups in total. The fourth-order valence-electron chi connectivity index (χ4n) is 4.59. The predicted molar refractivity (Wildman–Crippen MR) is 186 cm³/mol. The first-order valence-electron chi connectivity index (χ1n) is 17.6. The Labute approximate surface area is 283 Å². The molecule has 0 rings (SSSR count). The molecule has 0 saturated carbocycles. The fourth-order valence-corrected chi connectivity index (χ4v) is 4.95. The van der Waals surface area contributed by atoms with Gasteiger partial charge in [0.1, 0.15) is 6.61 Å². The standard InChI is InChI=1S/C36H63O10P/c1-3-5-7-8-9-10-11-15-18-22-28-35(39)44-30-34(31-45-47(41,42)43)46-36(40)29-23-27-33(38)26-21-17-14-12-13-16-20-25-32(37)24-19-6-4-2/h13-14,16-17,20-21,25-26,32-34,37-38H,3-12,15,18-19,22-24,27-31H2,1-2H3,(H2,41,42,43)/b16-13-,17-14-,25-20+,26-21+/t32-,33-,34-/m1/s1. The Balaban J connectivity index is 4.29. The van der Waals surface area contributed by atoms with Crippen LogP contribution in [-0.4, -0.2) is 63.5 Å². The SMILES string of the molecule is CCCCCCCCCCCCC(=O)OC[C@H](COP(=O)(O)O)OC(=O)CCC[C@H](O)/C=C/C=C\C/C=C\C=C\[C@H](O)CCCCC. The molecule has 0 aliphatic rings. The molecule has 0 unspecified atom stereocenters. The van der Waals surface area contributed by atoms with Crippen LogP contribution in [0, 0.1) is 0 Å². The first kappa shape index (κ1) is 44.9. The smallest absolute Gasteiger partial charge is 0.462 e. The number of hydrogen-bond donors (Lipinski definition) is 4. The molecular formula is C36H63O10P. The number of unbranched alkanes of at least 4 members (excludes halogenated alkanes) is 11. The van der Waals surface area contributed by atoms with E-state index in [2.05, 4.69) is 18.4 Å². The molecule has 0 bridgehead atoms. The van der Waals surface area contributed by atoms with Crippen molar-refractivity contribution in [3.05, 3.63) is 48.6 Å². The number of aliphatic hydroxyl groups excluding tert-OH is 2. The lowest BCUT2D eigenvalue weighted by molar-refractivity contribution is -0.161. The van der Waals surface area contributed by atoms with Crippen LogP contribution in [0.25, 0.3) is 0 Å². The second kappa shape index (κ2) is 31.2. The molecule has 0 radical (unpaired) electrons. The zero-order valence-electron chi connectivity index (χ0n) is 28.9. The molecule has 0 amide bonds. The van der Waals surface area contributed by atoms with Crippen LogP contribution < -0.4 is 0 Å². The van der Waals surface area contributed by atoms with Crippen molar-refractivity contribution in [2.45, 2.75) is 154 Å². The maximum Gasteiger partial charge on any atom is 0.469 e. The number of allylic oxidation sites excluding steroid dienone is 6. The number of phosphoric ester groups is 1. The minimum atomic E-state index is -4.81. The second-order valence-corrected chi connectivity index (χ2v) is 13.1. The second-order valence-electron chi connectivity index (χ2n) is 11.9. The van der Waals surface area contributed by atoms with Gasteiger partial charge in [0.05, 0.1) is 18.8 Å². The van der Waals surface area contributed by atoms with Gasteiger partial charge in [-0.1, -0.05) is 140 Å². The molecule has 0 heterocycles. The lowest BCUT2D eigenvalue weighted by Gasteiger charge is -2.18. The average Bonchev–Trinajstić information content (AvgIpc) is 3.02. The molecule has 0 fully saturated rings. The summed E-state index contributed by atoms with van der Waals surface area (Å²) in [6.07, 6.45) is 29.1. The van der Waals surface area contributed by atoms with Gasteiger partial charge < -0.3 is 29.5 Å². The average molecular weight is 687 g/mol. The zero-order valence-corrected chi connectivity index (χ0v) is 29.8. The number of carbonyl (C=O) groups excluding carboxylic acids is 2. The first-order valence-corrected chi connectivity index (χ1v) is 19.2. The Kier molecular flexibility index (Phi) is 29.8. The number of aliphatic hydroxyl groups is 2. The zero-order chi connectivity index (χ0) is 35.0. The Morgan fingerprint density at radius 3 is 1.68 bits per heavy atom. The van der Waals surface area contributed by atoms with Gasteiger partial charge in [-0.2, -0.15) is 0 Å². The van der Waals surface area contributed by atoms with Crippen molar-refractivity contribution < 1.29 is 48.2 Å². The van der Waals surface area contributed by atoms with Crippen LogP contribution in [0.2, 0.25) is 0 Å². The summed E-state index contributed by atoms with van der Waals surface area (Å²) in [4.78, 5) is 42.5. The highest BCUT2D eigenvalue weighted by Crippen LogP contribution is 2.36. The molecule has 0 aromatic heterocycles. The third-order valence-corrected chi connectivity index (χ3v) is 7.79. The van der Waals surface area contributed by atoms with Gasteiger partial charge in [0, 0.05) is 12.8 Å². The molecule has 47 heavy (non-hydrogen) atoms. The Bertz CT molecular complexity index is 940. The summed E-state index contributed by atoms with van der Waals surface area (Å²) >= 11 is 0. The van der Waals surface area contributed by atoms with Crippen molar-refractivity contribution in [3.8, 4) is 0 Å². The van der Waals surface area contributed by atoms with E-state index in [1.54, 1.807) is 18.2 Å². The highest BCUT2D eigenvalue weighted by atomic mass is 31.2. The van der Waals surface area contributed by atoms with Crippen LogP contribution in [0.3, 0.4) is 0 Å². The summed E-state index contributed by atoms with van der Waals surface area (Å²) in [6, 6.07) is 0. The van der Waals surface area contributed by atoms with Crippen LogP contribution in [0.5, 0.6) is 0 Å². The number of carbonyl (C=O) groups is 2. The molecular weight excluding hydrogens is 623 g/mol. The number of phosphoric acid groups is 1. The maximum absolute atomic E-state index is 12.3. The maximum atomic E-state index is 12.3. The van der Waals surface area contributed by atoms with Gasteiger partial charge in [0.2, 0.25) is 0 Å². The number of ether oxygens (including phenoxy) is 2. The highest BCUT2D eigenvalue weighted by molar-refractivity contribution is 7.46. The van der Waals surface area contributed by atoms with E-state index in [1.807, 2.05) is 30.4 Å². The van der Waals surface area contributed by atoms with Crippen molar-refractivity contribution in [2.75, 3.05) is 13.2 Å². The van der Waals surface area contributed by atoms with Gasteiger partial charge in [0.15, 0.2) is 6.10 Å². The molecule has 0 aliphatic heterocycles. The normalized spacial score (nSPS) is 14.4. The Morgan fingerprint density at radius 2 is 1.13 bits per heavy atom. The highest BCUT2D eigenvalue weighted by Gasteiger charge is 2.23. The van der Waals surface area contributed by atoms with Gasteiger partial charge in [-0.3, -0.25) is 14.1 Å². The van der Waals surface area contributed by atoms with Crippen molar-refractivity contribution >= 4 is 19.8 Å². The molecule has 3 atom stereocenters. The van der Waals surface area contributed by atoms with Crippen LogP contribution in [-0.2, 0) is 28.2 Å². The summed E-state index contributed by atoms with van der Waals surface area (Å²) in [5, 5.41) is 20.0. The number of hydrogen-bond acceptors (Lipinski definition) is 8. The molecule has 272 valence electrons. The lowest BCUT2D eigenvalue weighted by Crippen LogP contribution is -2.29. The van der Waals surface area contributed by atoms with Crippen LogP contribution in [0.4, 0.5) is 0 Å². The number of rotatable bonds is 31. The van der Waals surface area contributed by atoms with Gasteiger partial charge in [-0.15, -0.1) is 0 Å². The Morgan fingerprint density at radius 1 is 0.638 bits per heavy atom. The van der Waals surface area contributed by atoms with Crippen LogP contribution in [0.15, 0.2) is 48.6 Å². The van der Waals surface area contributed by atoms with Gasteiger partial charge in [-0.05, 0) is 32.1 Å². The minimum Gasteiger partial charge on any atom is -0.462 e. The molecule has 0 aromatic rings. The molecule has 0 saturated heterocycles. The van der Waals surface area contributed by atoms with Gasteiger partial charge in [0.25, 0.3) is 0 Å². The van der Waals surface area contributed by atoms with E-state index in [0.717, 1.165) is 44.9 Å². The topological polar surface area (TPSA) is 160 Å². The lowest BCUT2D eigenvalue weighted by atomic mass is 10.1. The summed E-state index contributed by atoms with van der Waals surface area (Å²) in [5.74, 6) is -1.12. The molecule has 10 nitrogen and oxygen atoms in total. The molecule has 0 spiro atoms. The van der Waals surface area contributed by atoms with E-state index < -0.39 is 44.7 Å². The van der Waals surface area contributed by atoms with Crippen molar-refractivity contribution in [1.29, 1.82) is 0 Å². The van der Waals surface area contributed by atoms with Crippen LogP contribution >= 0.6 is 7.82 Å².